The number of amides is 1. The first kappa shape index (κ1) is 12.5. The van der Waals surface area contributed by atoms with Crippen LogP contribution in [0, 0.1) is 0 Å². The van der Waals surface area contributed by atoms with Gasteiger partial charge < -0.3 is 10.6 Å². The third-order valence-electron chi connectivity index (χ3n) is 3.43. The van der Waals surface area contributed by atoms with Crippen molar-refractivity contribution in [3.63, 3.8) is 0 Å². The van der Waals surface area contributed by atoms with Crippen LogP contribution in [0.4, 0.5) is 0 Å². The van der Waals surface area contributed by atoms with Crippen molar-refractivity contribution in [2.75, 3.05) is 13.1 Å². The van der Waals surface area contributed by atoms with Gasteiger partial charge in [-0.15, -0.1) is 0 Å². The highest BCUT2D eigenvalue weighted by atomic mass is 32.1. The first-order valence-electron chi connectivity index (χ1n) is 6.38. The molecule has 100 valence electrons. The van der Waals surface area contributed by atoms with Gasteiger partial charge in [-0.25, -0.2) is 0 Å². The van der Waals surface area contributed by atoms with E-state index in [1.165, 1.54) is 0 Å². The molecule has 2 saturated heterocycles. The number of fused-ring (bicyclic) bond motifs is 1. The smallest absolute Gasteiger partial charge is 0.249 e. The Labute approximate surface area is 117 Å². The van der Waals surface area contributed by atoms with Crippen molar-refractivity contribution >= 4 is 23.2 Å². The summed E-state index contributed by atoms with van der Waals surface area (Å²) in [5, 5.41) is 10.2. The average molecular weight is 276 g/mol. The number of piperazine rings is 1. The molecule has 6 heteroatoms. The van der Waals surface area contributed by atoms with E-state index >= 15 is 0 Å². The molecule has 0 saturated carbocycles. The fourth-order valence-electron chi connectivity index (χ4n) is 2.45. The van der Waals surface area contributed by atoms with Gasteiger partial charge in [0.25, 0.3) is 0 Å². The first-order valence-corrected chi connectivity index (χ1v) is 6.79. The van der Waals surface area contributed by atoms with E-state index < -0.39 is 0 Å². The van der Waals surface area contributed by atoms with E-state index in [-0.39, 0.29) is 18.1 Å². The molecule has 3 rings (SSSR count). The molecule has 1 aromatic rings. The SMILES string of the molecule is O=C1C2NCCNC2NC(=S)N1Cc1ccccc1. The molecular weight excluding hydrogens is 260 g/mol. The number of benzene rings is 1. The molecule has 0 bridgehead atoms. The first-order chi connectivity index (χ1) is 9.25. The van der Waals surface area contributed by atoms with Crippen molar-refractivity contribution in [2.45, 2.75) is 18.8 Å². The molecule has 0 spiro atoms. The van der Waals surface area contributed by atoms with E-state index in [1.807, 2.05) is 30.3 Å². The Hall–Kier alpha value is -1.50. The normalized spacial score (nSPS) is 26.8. The Balaban J connectivity index is 1.77. The van der Waals surface area contributed by atoms with Gasteiger partial charge in [0.1, 0.15) is 12.2 Å². The monoisotopic (exact) mass is 276 g/mol. The van der Waals surface area contributed by atoms with Gasteiger partial charge in [-0.05, 0) is 17.8 Å². The van der Waals surface area contributed by atoms with Gasteiger partial charge >= 0.3 is 0 Å². The van der Waals surface area contributed by atoms with E-state index in [0.29, 0.717) is 11.7 Å². The lowest BCUT2D eigenvalue weighted by atomic mass is 10.1. The Morgan fingerprint density at radius 1 is 1.21 bits per heavy atom. The Kier molecular flexibility index (Phi) is 3.46. The molecule has 2 aliphatic heterocycles. The highest BCUT2D eigenvalue weighted by Crippen LogP contribution is 2.13. The van der Waals surface area contributed by atoms with Crippen LogP contribution < -0.4 is 16.0 Å². The molecule has 0 radical (unpaired) electrons. The summed E-state index contributed by atoms with van der Waals surface area (Å²) in [6.45, 7) is 2.14. The molecule has 0 aromatic heterocycles. The number of nitrogens with one attached hydrogen (secondary N) is 3. The highest BCUT2D eigenvalue weighted by Gasteiger charge is 2.40. The molecule has 2 unspecified atom stereocenters. The van der Waals surface area contributed by atoms with Crippen LogP contribution in [0.3, 0.4) is 0 Å². The van der Waals surface area contributed by atoms with Gasteiger partial charge in [0.2, 0.25) is 5.91 Å². The number of nitrogens with zero attached hydrogens (tertiary/aromatic N) is 1. The van der Waals surface area contributed by atoms with E-state index in [2.05, 4.69) is 16.0 Å². The summed E-state index contributed by atoms with van der Waals surface area (Å²) in [5.41, 5.74) is 1.07. The predicted octanol–water partition coefficient (Wildman–Crippen LogP) is -0.209. The number of hydrogen-bond acceptors (Lipinski definition) is 4. The standard InChI is InChI=1S/C13H16N4OS/c18-12-10-11(15-7-6-14-10)16-13(19)17(12)8-9-4-2-1-3-5-9/h1-5,10-11,14-15H,6-8H2,(H,16,19). The lowest BCUT2D eigenvalue weighted by molar-refractivity contribution is -0.132. The van der Waals surface area contributed by atoms with Gasteiger partial charge in [0.05, 0.1) is 6.54 Å². The summed E-state index contributed by atoms with van der Waals surface area (Å²) < 4.78 is 0. The van der Waals surface area contributed by atoms with Crippen LogP contribution in [0.5, 0.6) is 0 Å². The van der Waals surface area contributed by atoms with Crippen LogP contribution in [-0.4, -0.2) is 41.2 Å². The van der Waals surface area contributed by atoms with Crippen LogP contribution in [0.2, 0.25) is 0 Å². The molecule has 2 aliphatic rings. The third kappa shape index (κ3) is 2.47. The molecule has 2 heterocycles. The molecule has 1 amide bonds. The maximum atomic E-state index is 12.5. The maximum absolute atomic E-state index is 12.5. The molecule has 0 aliphatic carbocycles. The van der Waals surface area contributed by atoms with Crippen molar-refractivity contribution < 1.29 is 4.79 Å². The van der Waals surface area contributed by atoms with Gasteiger partial charge in [-0.2, -0.15) is 0 Å². The molecular formula is C13H16N4OS. The minimum Gasteiger partial charge on any atom is -0.345 e. The number of thiocarbonyl (C=S) groups is 1. The lowest BCUT2D eigenvalue weighted by Crippen LogP contribution is -2.73. The molecule has 3 N–H and O–H groups in total. The predicted molar refractivity (Wildman–Crippen MR) is 76.3 cm³/mol. The summed E-state index contributed by atoms with van der Waals surface area (Å²) in [5.74, 6) is 0.0322. The quantitative estimate of drug-likeness (QED) is 0.653. The summed E-state index contributed by atoms with van der Waals surface area (Å²) in [6.07, 6.45) is -0.0965. The summed E-state index contributed by atoms with van der Waals surface area (Å²) in [7, 11) is 0. The fraction of sp³-hybridized carbons (Fsp3) is 0.385. The average Bonchev–Trinajstić information content (AvgIpc) is 2.45. The van der Waals surface area contributed by atoms with E-state index in [4.69, 9.17) is 12.2 Å². The van der Waals surface area contributed by atoms with Crippen molar-refractivity contribution in [1.82, 2.24) is 20.9 Å². The topological polar surface area (TPSA) is 56.4 Å². The Morgan fingerprint density at radius 3 is 2.74 bits per heavy atom. The van der Waals surface area contributed by atoms with Gasteiger partial charge in [-0.1, -0.05) is 30.3 Å². The van der Waals surface area contributed by atoms with Crippen molar-refractivity contribution in [2.24, 2.45) is 0 Å². The molecule has 2 atom stereocenters. The second kappa shape index (κ2) is 5.24. The van der Waals surface area contributed by atoms with Crippen molar-refractivity contribution in [3.05, 3.63) is 35.9 Å². The Morgan fingerprint density at radius 2 is 1.95 bits per heavy atom. The van der Waals surface area contributed by atoms with Gasteiger partial charge in [-0.3, -0.25) is 15.0 Å². The maximum Gasteiger partial charge on any atom is 0.249 e. The van der Waals surface area contributed by atoms with Crippen LogP contribution in [0.1, 0.15) is 5.56 Å². The molecule has 5 nitrogen and oxygen atoms in total. The summed E-state index contributed by atoms with van der Waals surface area (Å²) >= 11 is 5.30. The van der Waals surface area contributed by atoms with E-state index in [0.717, 1.165) is 18.7 Å². The minimum atomic E-state index is -0.246. The largest absolute Gasteiger partial charge is 0.345 e. The van der Waals surface area contributed by atoms with E-state index in [9.17, 15) is 4.79 Å². The minimum absolute atomic E-state index is 0.0322. The second-order valence-corrected chi connectivity index (χ2v) is 5.11. The summed E-state index contributed by atoms with van der Waals surface area (Å²) in [6, 6.07) is 9.63. The molecule has 2 fully saturated rings. The van der Waals surface area contributed by atoms with Gasteiger partial charge in [0, 0.05) is 13.1 Å². The fourth-order valence-corrected chi connectivity index (χ4v) is 2.73. The van der Waals surface area contributed by atoms with E-state index in [1.54, 1.807) is 4.90 Å². The molecule has 1 aromatic carbocycles. The second-order valence-electron chi connectivity index (χ2n) is 4.72. The molecule has 19 heavy (non-hydrogen) atoms. The lowest BCUT2D eigenvalue weighted by Gasteiger charge is -2.42. The van der Waals surface area contributed by atoms with Crippen LogP contribution in [0.25, 0.3) is 0 Å². The van der Waals surface area contributed by atoms with Gasteiger partial charge in [0.15, 0.2) is 5.11 Å². The van der Waals surface area contributed by atoms with Crippen molar-refractivity contribution in [1.29, 1.82) is 0 Å². The zero-order valence-corrected chi connectivity index (χ0v) is 11.2. The highest BCUT2D eigenvalue weighted by molar-refractivity contribution is 7.80. The number of hydrogen-bond donors (Lipinski definition) is 3. The van der Waals surface area contributed by atoms with Crippen LogP contribution >= 0.6 is 12.2 Å². The zero-order chi connectivity index (χ0) is 13.2. The number of rotatable bonds is 2. The Bertz CT molecular complexity index is 493. The zero-order valence-electron chi connectivity index (χ0n) is 10.4. The van der Waals surface area contributed by atoms with Crippen LogP contribution in [-0.2, 0) is 11.3 Å². The van der Waals surface area contributed by atoms with Crippen molar-refractivity contribution in [3.8, 4) is 0 Å². The number of carbonyl (C=O) groups excluding carboxylic acids is 1. The third-order valence-corrected chi connectivity index (χ3v) is 3.76. The summed E-state index contributed by atoms with van der Waals surface area (Å²) in [4.78, 5) is 14.1. The van der Waals surface area contributed by atoms with Crippen LogP contribution in [0.15, 0.2) is 30.3 Å². The number of carbonyl (C=O) groups is 1.